The highest BCUT2D eigenvalue weighted by molar-refractivity contribution is 6.05. The van der Waals surface area contributed by atoms with Crippen molar-refractivity contribution in [2.24, 2.45) is 5.92 Å². The van der Waals surface area contributed by atoms with Gasteiger partial charge in [-0.15, -0.1) is 0 Å². The normalized spacial score (nSPS) is 11.3. The van der Waals surface area contributed by atoms with Gasteiger partial charge in [0.05, 0.1) is 0 Å². The Morgan fingerprint density at radius 1 is 1.28 bits per heavy atom. The Balaban J connectivity index is 2.34. The van der Waals surface area contributed by atoms with E-state index in [1.165, 1.54) is 6.33 Å². The second kappa shape index (κ2) is 5.76. The maximum atomic E-state index is 12.5. The molecule has 96 valence electrons. The van der Waals surface area contributed by atoms with Gasteiger partial charge in [-0.2, -0.15) is 0 Å². The number of aromatic nitrogens is 3. The quantitative estimate of drug-likeness (QED) is 0.794. The number of aromatic amines is 1. The third kappa shape index (κ3) is 2.42. The van der Waals surface area contributed by atoms with Gasteiger partial charge < -0.3 is 4.98 Å². The van der Waals surface area contributed by atoms with Crippen molar-refractivity contribution in [2.75, 3.05) is 0 Å². The van der Waals surface area contributed by atoms with E-state index >= 15 is 0 Å². The maximum absolute atomic E-state index is 12.5. The van der Waals surface area contributed by atoms with E-state index in [9.17, 15) is 4.79 Å². The Bertz CT molecular complexity index is 527. The molecule has 18 heavy (non-hydrogen) atoms. The number of Topliss-reactive ketones (excluding diaryl/α,β-unsaturated/α-hetero) is 1. The lowest BCUT2D eigenvalue weighted by atomic mass is 9.91. The number of hydrogen-bond donors (Lipinski definition) is 1. The molecular formula is C14H19N3O. The van der Waals surface area contributed by atoms with E-state index in [1.54, 1.807) is 6.20 Å². The summed E-state index contributed by atoms with van der Waals surface area (Å²) in [5, 5.41) is 0.833. The highest BCUT2D eigenvalue weighted by Gasteiger charge is 2.22. The molecule has 4 heteroatoms. The Morgan fingerprint density at radius 2 is 2.00 bits per heavy atom. The Labute approximate surface area is 107 Å². The van der Waals surface area contributed by atoms with Gasteiger partial charge in [-0.1, -0.05) is 26.7 Å². The van der Waals surface area contributed by atoms with Gasteiger partial charge >= 0.3 is 0 Å². The van der Waals surface area contributed by atoms with Crippen LogP contribution < -0.4 is 0 Å². The number of ketones is 1. The van der Waals surface area contributed by atoms with Crippen molar-refractivity contribution in [2.45, 2.75) is 39.5 Å². The van der Waals surface area contributed by atoms with E-state index in [-0.39, 0.29) is 11.7 Å². The number of rotatable bonds is 6. The number of hydrogen-bond acceptors (Lipinski definition) is 3. The molecule has 2 rings (SSSR count). The molecule has 0 unspecified atom stereocenters. The zero-order valence-electron chi connectivity index (χ0n) is 10.9. The molecule has 0 amide bonds. The number of H-pyrrole nitrogens is 1. The van der Waals surface area contributed by atoms with E-state index < -0.39 is 0 Å². The minimum absolute atomic E-state index is 0.0907. The topological polar surface area (TPSA) is 58.6 Å². The van der Waals surface area contributed by atoms with Crippen molar-refractivity contribution in [3.8, 4) is 0 Å². The number of nitrogens with zero attached hydrogens (tertiary/aromatic N) is 2. The Morgan fingerprint density at radius 3 is 2.67 bits per heavy atom. The molecule has 0 aliphatic rings. The first-order chi connectivity index (χ1) is 8.77. The Hall–Kier alpha value is -1.71. The largest absolute Gasteiger partial charge is 0.346 e. The molecule has 0 aliphatic heterocycles. The van der Waals surface area contributed by atoms with Crippen LogP contribution in [-0.2, 0) is 0 Å². The van der Waals surface area contributed by atoms with Crippen LogP contribution in [0.4, 0.5) is 0 Å². The summed E-state index contributed by atoms with van der Waals surface area (Å²) in [6, 6.07) is 1.87. The van der Waals surface area contributed by atoms with E-state index in [2.05, 4.69) is 28.8 Å². The smallest absolute Gasteiger partial charge is 0.185 e. The Kier molecular flexibility index (Phi) is 4.07. The zero-order chi connectivity index (χ0) is 13.0. The lowest BCUT2D eigenvalue weighted by Crippen LogP contribution is -2.16. The first-order valence-electron chi connectivity index (χ1n) is 6.60. The predicted octanol–water partition coefficient (Wildman–Crippen LogP) is 3.36. The summed E-state index contributed by atoms with van der Waals surface area (Å²) in [5.74, 6) is 0.249. The number of nitrogens with one attached hydrogen (secondary N) is 1. The van der Waals surface area contributed by atoms with Crippen molar-refractivity contribution >= 4 is 16.8 Å². The van der Waals surface area contributed by atoms with Gasteiger partial charge in [-0.3, -0.25) is 4.79 Å². The van der Waals surface area contributed by atoms with Crippen LogP contribution in [0, 0.1) is 5.92 Å². The summed E-state index contributed by atoms with van der Waals surface area (Å²) in [4.78, 5) is 23.8. The lowest BCUT2D eigenvalue weighted by Gasteiger charge is -2.13. The van der Waals surface area contributed by atoms with E-state index in [4.69, 9.17) is 0 Å². The highest BCUT2D eigenvalue weighted by atomic mass is 16.1. The van der Waals surface area contributed by atoms with Crippen LogP contribution in [0.5, 0.6) is 0 Å². The van der Waals surface area contributed by atoms with Crippen molar-refractivity contribution in [3.05, 3.63) is 24.3 Å². The molecule has 2 aromatic heterocycles. The molecule has 4 nitrogen and oxygen atoms in total. The fourth-order valence-corrected chi connectivity index (χ4v) is 2.37. The van der Waals surface area contributed by atoms with Crippen LogP contribution in [0.2, 0.25) is 0 Å². The van der Waals surface area contributed by atoms with Crippen molar-refractivity contribution in [1.82, 2.24) is 15.0 Å². The van der Waals surface area contributed by atoms with Crippen LogP contribution in [0.1, 0.15) is 50.0 Å². The summed E-state index contributed by atoms with van der Waals surface area (Å²) in [6.07, 6.45) is 7.17. The monoisotopic (exact) mass is 245 g/mol. The zero-order valence-corrected chi connectivity index (χ0v) is 10.9. The van der Waals surface area contributed by atoms with Gasteiger partial charge in [0.15, 0.2) is 5.78 Å². The molecule has 0 bridgehead atoms. The highest BCUT2D eigenvalue weighted by Crippen LogP contribution is 2.22. The molecule has 0 aliphatic carbocycles. The molecule has 1 N–H and O–H groups in total. The van der Waals surface area contributed by atoms with E-state index in [1.807, 2.05) is 6.07 Å². The molecule has 0 radical (unpaired) electrons. The van der Waals surface area contributed by atoms with Crippen LogP contribution in [0.15, 0.2) is 18.6 Å². The third-order valence-electron chi connectivity index (χ3n) is 3.23. The summed E-state index contributed by atoms with van der Waals surface area (Å²) in [5.41, 5.74) is 1.30. The molecule has 0 saturated carbocycles. The number of fused-ring (bicyclic) bond motifs is 1. The van der Waals surface area contributed by atoms with Gasteiger partial charge in [0, 0.05) is 17.5 Å². The van der Waals surface area contributed by atoms with Crippen LogP contribution in [0.25, 0.3) is 11.0 Å². The molecule has 0 fully saturated rings. The molecular weight excluding hydrogens is 226 g/mol. The van der Waals surface area contributed by atoms with Crippen LogP contribution in [-0.4, -0.2) is 20.7 Å². The molecule has 2 aromatic rings. The summed E-state index contributed by atoms with van der Waals surface area (Å²) in [6.45, 7) is 4.23. The van der Waals surface area contributed by atoms with Crippen molar-refractivity contribution < 1.29 is 4.79 Å². The van der Waals surface area contributed by atoms with Crippen molar-refractivity contribution in [3.63, 3.8) is 0 Å². The predicted molar refractivity (Wildman–Crippen MR) is 71.5 cm³/mol. The fourth-order valence-electron chi connectivity index (χ4n) is 2.37. The second-order valence-corrected chi connectivity index (χ2v) is 4.60. The summed E-state index contributed by atoms with van der Waals surface area (Å²) >= 11 is 0. The van der Waals surface area contributed by atoms with Gasteiger partial charge in [0.1, 0.15) is 17.7 Å². The molecule has 0 spiro atoms. The van der Waals surface area contributed by atoms with E-state index in [0.29, 0.717) is 5.69 Å². The van der Waals surface area contributed by atoms with Crippen LogP contribution in [0.3, 0.4) is 0 Å². The van der Waals surface area contributed by atoms with Gasteiger partial charge in [0.25, 0.3) is 0 Å². The third-order valence-corrected chi connectivity index (χ3v) is 3.23. The lowest BCUT2D eigenvalue weighted by molar-refractivity contribution is 0.0901. The maximum Gasteiger partial charge on any atom is 0.185 e. The summed E-state index contributed by atoms with van der Waals surface area (Å²) in [7, 11) is 0. The SMILES string of the molecule is CCCC(CCC)C(=O)c1ncnc2[nH]ccc12. The average Bonchev–Trinajstić information content (AvgIpc) is 2.85. The van der Waals surface area contributed by atoms with Gasteiger partial charge in [0.2, 0.25) is 0 Å². The fraction of sp³-hybridized carbons (Fsp3) is 0.500. The standard InChI is InChI=1S/C14H19N3O/c1-3-5-10(6-4-2)13(18)12-11-7-8-15-14(11)17-9-16-12/h7-10H,3-6H2,1-2H3,(H,15,16,17). The first-order valence-corrected chi connectivity index (χ1v) is 6.60. The molecule has 0 aromatic carbocycles. The average molecular weight is 245 g/mol. The summed E-state index contributed by atoms with van der Waals surface area (Å²) < 4.78 is 0. The van der Waals surface area contributed by atoms with Crippen LogP contribution >= 0.6 is 0 Å². The number of carbonyl (C=O) groups is 1. The van der Waals surface area contributed by atoms with Gasteiger partial charge in [-0.05, 0) is 18.9 Å². The minimum Gasteiger partial charge on any atom is -0.346 e. The molecule has 0 atom stereocenters. The molecule has 2 heterocycles. The number of carbonyl (C=O) groups excluding carboxylic acids is 1. The van der Waals surface area contributed by atoms with Crippen molar-refractivity contribution in [1.29, 1.82) is 0 Å². The minimum atomic E-state index is 0.0907. The van der Waals surface area contributed by atoms with E-state index in [0.717, 1.165) is 36.7 Å². The second-order valence-electron chi connectivity index (χ2n) is 4.60. The molecule has 0 saturated heterocycles. The first kappa shape index (κ1) is 12.7. The van der Waals surface area contributed by atoms with Gasteiger partial charge in [-0.25, -0.2) is 9.97 Å².